The third-order valence-corrected chi connectivity index (χ3v) is 6.78. The molecule has 3 aromatic rings. The second kappa shape index (κ2) is 10.3. The van der Waals surface area contributed by atoms with Crippen molar-refractivity contribution in [3.8, 4) is 0 Å². The molecule has 5 rings (SSSR count). The lowest BCUT2D eigenvalue weighted by Crippen LogP contribution is -2.43. The predicted molar refractivity (Wildman–Crippen MR) is 135 cm³/mol. The molecule has 2 amide bonds. The van der Waals surface area contributed by atoms with Gasteiger partial charge in [-0.3, -0.25) is 14.5 Å². The van der Waals surface area contributed by atoms with Crippen molar-refractivity contribution in [1.82, 2.24) is 9.91 Å². The minimum absolute atomic E-state index is 0.0460. The third kappa shape index (κ3) is 5.35. The van der Waals surface area contributed by atoms with Crippen LogP contribution in [0.1, 0.15) is 42.2 Å². The number of likely N-dealkylation sites (tertiary alicyclic amines) is 1. The number of hydrazone groups is 1. The first-order valence-electron chi connectivity index (χ1n) is 12.1. The molecule has 0 saturated carbocycles. The number of carbonyl (C=O) groups excluding carboxylic acids is 2. The van der Waals surface area contributed by atoms with Crippen molar-refractivity contribution in [1.29, 1.82) is 0 Å². The van der Waals surface area contributed by atoms with Gasteiger partial charge in [-0.15, -0.1) is 0 Å². The highest BCUT2D eigenvalue weighted by Gasteiger charge is 2.36. The van der Waals surface area contributed by atoms with E-state index in [-0.39, 0.29) is 30.3 Å². The lowest BCUT2D eigenvalue weighted by atomic mass is 9.95. The Hall–Kier alpha value is -3.71. The summed E-state index contributed by atoms with van der Waals surface area (Å²) in [6.07, 6.45) is 3.70. The van der Waals surface area contributed by atoms with Crippen LogP contribution in [0.4, 0.5) is 5.69 Å². The highest BCUT2D eigenvalue weighted by atomic mass is 16.3. The number of benzene rings is 2. The maximum atomic E-state index is 13.4. The number of hydrogen-bond acceptors (Lipinski definition) is 5. The Kier molecular flexibility index (Phi) is 6.77. The van der Waals surface area contributed by atoms with Gasteiger partial charge in [0.05, 0.1) is 18.5 Å². The number of anilines is 1. The topological polar surface area (TPSA) is 78.2 Å². The van der Waals surface area contributed by atoms with Crippen LogP contribution in [0, 0.1) is 12.8 Å². The second-order valence-corrected chi connectivity index (χ2v) is 9.29. The van der Waals surface area contributed by atoms with Gasteiger partial charge in [0.2, 0.25) is 5.91 Å². The van der Waals surface area contributed by atoms with Crippen LogP contribution in [0.3, 0.4) is 0 Å². The van der Waals surface area contributed by atoms with Gasteiger partial charge in [-0.05, 0) is 62.7 Å². The summed E-state index contributed by atoms with van der Waals surface area (Å²) in [5.74, 6) is 0.684. The second-order valence-electron chi connectivity index (χ2n) is 9.29. The van der Waals surface area contributed by atoms with E-state index >= 15 is 0 Å². The number of carbonyl (C=O) groups is 2. The van der Waals surface area contributed by atoms with Crippen molar-refractivity contribution >= 4 is 23.2 Å². The quantitative estimate of drug-likeness (QED) is 0.570. The van der Waals surface area contributed by atoms with Crippen LogP contribution in [0.2, 0.25) is 0 Å². The number of nitrogens with zero attached hydrogens (tertiary/aromatic N) is 3. The zero-order valence-electron chi connectivity index (χ0n) is 19.9. The monoisotopic (exact) mass is 470 g/mol. The molecule has 0 unspecified atom stereocenters. The van der Waals surface area contributed by atoms with Crippen LogP contribution in [0.5, 0.6) is 0 Å². The predicted octanol–water partition coefficient (Wildman–Crippen LogP) is 4.62. The van der Waals surface area contributed by atoms with Crippen LogP contribution in [0.15, 0.2) is 82.5 Å². The van der Waals surface area contributed by atoms with E-state index in [9.17, 15) is 9.59 Å². The van der Waals surface area contributed by atoms with Crippen molar-refractivity contribution in [2.75, 3.05) is 25.0 Å². The molecule has 0 aliphatic carbocycles. The number of furan rings is 1. The lowest BCUT2D eigenvalue weighted by Gasteiger charge is -2.32. The number of aryl methyl sites for hydroxylation is 1. The minimum atomic E-state index is -0.247. The molecule has 2 aliphatic rings. The van der Waals surface area contributed by atoms with Crippen molar-refractivity contribution in [3.63, 3.8) is 0 Å². The van der Waals surface area contributed by atoms with Crippen molar-refractivity contribution < 1.29 is 14.0 Å². The van der Waals surface area contributed by atoms with Gasteiger partial charge in [-0.1, -0.05) is 48.0 Å². The Morgan fingerprint density at radius 1 is 1.00 bits per heavy atom. The smallest absolute Gasteiger partial charge is 0.257 e. The molecule has 3 heterocycles. The van der Waals surface area contributed by atoms with Crippen LogP contribution in [0.25, 0.3) is 0 Å². The molecule has 1 saturated heterocycles. The average Bonchev–Trinajstić information content (AvgIpc) is 3.56. The zero-order valence-corrected chi connectivity index (χ0v) is 19.9. The van der Waals surface area contributed by atoms with Crippen LogP contribution >= 0.6 is 0 Å². The summed E-state index contributed by atoms with van der Waals surface area (Å²) in [5, 5.41) is 9.31. The Balaban J connectivity index is 1.21. The molecule has 0 bridgehead atoms. The van der Waals surface area contributed by atoms with Gasteiger partial charge in [-0.2, -0.15) is 5.10 Å². The SMILES string of the molecule is Cc1ccc(C2=NN(C(=O)CN3CCC(C(=O)Nc4ccccc4)CC3)[C@@H](c3ccco3)C2)cc1. The summed E-state index contributed by atoms with van der Waals surface area (Å²) in [4.78, 5) is 28.1. The first kappa shape index (κ1) is 23.1. The largest absolute Gasteiger partial charge is 0.467 e. The lowest BCUT2D eigenvalue weighted by molar-refractivity contribution is -0.135. The van der Waals surface area contributed by atoms with Crippen molar-refractivity contribution in [2.45, 2.75) is 32.2 Å². The van der Waals surface area contributed by atoms with Crippen molar-refractivity contribution in [3.05, 3.63) is 89.9 Å². The van der Waals surface area contributed by atoms with Gasteiger partial charge in [0.1, 0.15) is 11.8 Å². The van der Waals surface area contributed by atoms with E-state index in [0.29, 0.717) is 19.5 Å². The highest BCUT2D eigenvalue weighted by molar-refractivity contribution is 6.03. The van der Waals surface area contributed by atoms with E-state index in [1.807, 2.05) is 54.6 Å². The first-order valence-corrected chi connectivity index (χ1v) is 12.1. The molecular weight excluding hydrogens is 440 g/mol. The van der Waals surface area contributed by atoms with E-state index in [4.69, 9.17) is 9.52 Å². The molecule has 1 N–H and O–H groups in total. The van der Waals surface area contributed by atoms with Gasteiger partial charge in [0.25, 0.3) is 5.91 Å². The van der Waals surface area contributed by atoms with Gasteiger partial charge in [-0.25, -0.2) is 5.01 Å². The van der Waals surface area contributed by atoms with E-state index < -0.39 is 0 Å². The fraction of sp³-hybridized carbons (Fsp3) is 0.321. The number of nitrogens with one attached hydrogen (secondary N) is 1. The van der Waals surface area contributed by atoms with Crippen LogP contribution < -0.4 is 5.32 Å². The number of piperidine rings is 1. The standard InChI is InChI=1S/C28H30N4O3/c1-20-9-11-21(12-10-20)24-18-25(26-8-5-17-35-26)32(30-24)27(33)19-31-15-13-22(14-16-31)28(34)29-23-6-3-2-4-7-23/h2-12,17,22,25H,13-16,18-19H2,1H3,(H,29,34)/t25-/m1/s1. The summed E-state index contributed by atoms with van der Waals surface area (Å²) in [6, 6.07) is 21.2. The molecule has 2 aliphatic heterocycles. The molecule has 35 heavy (non-hydrogen) atoms. The first-order chi connectivity index (χ1) is 17.1. The van der Waals surface area contributed by atoms with Gasteiger partial charge in [0.15, 0.2) is 0 Å². The Bertz CT molecular complexity index is 1180. The van der Waals surface area contributed by atoms with E-state index in [2.05, 4.69) is 29.3 Å². The summed E-state index contributed by atoms with van der Waals surface area (Å²) in [6.45, 7) is 3.73. The molecule has 1 aromatic heterocycles. The van der Waals surface area contributed by atoms with E-state index in [1.165, 1.54) is 5.56 Å². The van der Waals surface area contributed by atoms with Crippen LogP contribution in [-0.2, 0) is 9.59 Å². The fourth-order valence-corrected chi connectivity index (χ4v) is 4.75. The number of hydrogen-bond donors (Lipinski definition) is 1. The normalized spacial score (nSPS) is 18.9. The maximum Gasteiger partial charge on any atom is 0.257 e. The maximum absolute atomic E-state index is 13.4. The number of amides is 2. The fourth-order valence-electron chi connectivity index (χ4n) is 4.75. The van der Waals surface area contributed by atoms with Gasteiger partial charge in [0, 0.05) is 18.0 Å². The van der Waals surface area contributed by atoms with E-state index in [0.717, 1.165) is 35.6 Å². The average molecular weight is 471 g/mol. The van der Waals surface area contributed by atoms with Crippen molar-refractivity contribution in [2.24, 2.45) is 11.0 Å². The zero-order chi connectivity index (χ0) is 24.2. The molecule has 0 radical (unpaired) electrons. The minimum Gasteiger partial charge on any atom is -0.467 e. The molecule has 1 fully saturated rings. The van der Waals surface area contributed by atoms with Gasteiger partial charge >= 0.3 is 0 Å². The molecule has 2 aromatic carbocycles. The summed E-state index contributed by atoms with van der Waals surface area (Å²) in [5.41, 5.74) is 3.91. The number of para-hydroxylation sites is 1. The Labute approximate surface area is 205 Å². The summed E-state index contributed by atoms with van der Waals surface area (Å²) < 4.78 is 5.66. The number of rotatable bonds is 6. The van der Waals surface area contributed by atoms with Crippen LogP contribution in [-0.4, -0.2) is 47.1 Å². The Morgan fingerprint density at radius 2 is 1.74 bits per heavy atom. The molecule has 7 nitrogen and oxygen atoms in total. The molecular formula is C28H30N4O3. The third-order valence-electron chi connectivity index (χ3n) is 6.78. The summed E-state index contributed by atoms with van der Waals surface area (Å²) in [7, 11) is 0. The van der Waals surface area contributed by atoms with E-state index in [1.54, 1.807) is 11.3 Å². The van der Waals surface area contributed by atoms with Gasteiger partial charge < -0.3 is 9.73 Å². The molecule has 0 spiro atoms. The molecule has 1 atom stereocenters. The summed E-state index contributed by atoms with van der Waals surface area (Å²) >= 11 is 0. The highest BCUT2D eigenvalue weighted by Crippen LogP contribution is 2.33. The molecule has 180 valence electrons. The Morgan fingerprint density at radius 3 is 2.43 bits per heavy atom. The molecule has 7 heteroatoms.